The third-order valence-electron chi connectivity index (χ3n) is 3.36. The summed E-state index contributed by atoms with van der Waals surface area (Å²) in [5.41, 5.74) is 2.89. The number of ether oxygens (including phenoxy) is 1. The number of methoxy groups -OCH3 is 1. The molecular weight excluding hydrogens is 290 g/mol. The van der Waals surface area contributed by atoms with Crippen molar-refractivity contribution in [2.75, 3.05) is 12.4 Å². The molecule has 1 N–H and O–H groups in total. The lowest BCUT2D eigenvalue weighted by Gasteiger charge is -2.07. The van der Waals surface area contributed by atoms with Gasteiger partial charge in [-0.3, -0.25) is 9.59 Å². The van der Waals surface area contributed by atoms with Crippen molar-refractivity contribution in [3.05, 3.63) is 65.2 Å². The lowest BCUT2D eigenvalue weighted by atomic mass is 10.1. The number of ketones is 1. The molecule has 0 aliphatic rings. The zero-order valence-corrected chi connectivity index (χ0v) is 13.4. The van der Waals surface area contributed by atoms with E-state index in [0.29, 0.717) is 17.0 Å². The van der Waals surface area contributed by atoms with Crippen LogP contribution in [0.5, 0.6) is 5.75 Å². The number of hydrogen-bond donors (Lipinski definition) is 1. The maximum atomic E-state index is 12.1. The molecule has 0 saturated carbocycles. The Balaban J connectivity index is 2.17. The summed E-state index contributed by atoms with van der Waals surface area (Å²) >= 11 is 0. The lowest BCUT2D eigenvalue weighted by Crippen LogP contribution is -2.11. The maximum absolute atomic E-state index is 12.1. The minimum Gasteiger partial charge on any atom is -0.496 e. The molecule has 0 unspecified atom stereocenters. The molecule has 2 aromatic rings. The van der Waals surface area contributed by atoms with Crippen molar-refractivity contribution >= 4 is 23.5 Å². The fraction of sp³-hybridized carbons (Fsp3) is 0.158. The van der Waals surface area contributed by atoms with E-state index in [1.54, 1.807) is 37.5 Å². The SMILES string of the molecule is COc1ccc(C)cc1/C=C/C(=O)Nc1ccccc1C(C)=O. The highest BCUT2D eigenvalue weighted by Gasteiger charge is 2.08. The second-order valence-corrected chi connectivity index (χ2v) is 5.17. The topological polar surface area (TPSA) is 55.4 Å². The molecule has 0 aliphatic carbocycles. The van der Waals surface area contributed by atoms with Crippen molar-refractivity contribution in [3.8, 4) is 5.75 Å². The summed E-state index contributed by atoms with van der Waals surface area (Å²) in [6.07, 6.45) is 3.12. The van der Waals surface area contributed by atoms with Crippen molar-refractivity contribution in [1.29, 1.82) is 0 Å². The van der Waals surface area contributed by atoms with Gasteiger partial charge in [0.2, 0.25) is 5.91 Å². The maximum Gasteiger partial charge on any atom is 0.248 e. The van der Waals surface area contributed by atoms with Gasteiger partial charge in [-0.15, -0.1) is 0 Å². The normalized spacial score (nSPS) is 10.6. The molecule has 0 radical (unpaired) electrons. The van der Waals surface area contributed by atoms with E-state index in [2.05, 4.69) is 5.32 Å². The molecule has 0 atom stereocenters. The molecule has 0 heterocycles. The van der Waals surface area contributed by atoms with Crippen LogP contribution in [0.25, 0.3) is 6.08 Å². The van der Waals surface area contributed by atoms with Gasteiger partial charge < -0.3 is 10.1 Å². The van der Waals surface area contributed by atoms with Crippen molar-refractivity contribution in [2.45, 2.75) is 13.8 Å². The molecule has 0 saturated heterocycles. The average molecular weight is 309 g/mol. The van der Waals surface area contributed by atoms with E-state index in [-0.39, 0.29) is 11.7 Å². The smallest absolute Gasteiger partial charge is 0.248 e. The Morgan fingerprint density at radius 3 is 2.57 bits per heavy atom. The van der Waals surface area contributed by atoms with Crippen LogP contribution in [0.15, 0.2) is 48.5 Å². The van der Waals surface area contributed by atoms with Gasteiger partial charge in [0.15, 0.2) is 5.78 Å². The van der Waals surface area contributed by atoms with Gasteiger partial charge in [-0.1, -0.05) is 23.8 Å². The quantitative estimate of drug-likeness (QED) is 0.674. The predicted molar refractivity (Wildman–Crippen MR) is 91.8 cm³/mol. The largest absolute Gasteiger partial charge is 0.496 e. The number of amides is 1. The summed E-state index contributed by atoms with van der Waals surface area (Å²) in [5.74, 6) is 0.302. The number of anilines is 1. The van der Waals surface area contributed by atoms with Crippen molar-refractivity contribution in [3.63, 3.8) is 0 Å². The number of benzene rings is 2. The Morgan fingerprint density at radius 2 is 1.87 bits per heavy atom. The molecule has 0 bridgehead atoms. The van der Waals surface area contributed by atoms with Crippen molar-refractivity contribution in [1.82, 2.24) is 0 Å². The van der Waals surface area contributed by atoms with Gasteiger partial charge in [0.1, 0.15) is 5.75 Å². The van der Waals surface area contributed by atoms with Gasteiger partial charge in [-0.2, -0.15) is 0 Å². The molecule has 118 valence electrons. The lowest BCUT2D eigenvalue weighted by molar-refractivity contribution is -0.111. The highest BCUT2D eigenvalue weighted by atomic mass is 16.5. The van der Waals surface area contributed by atoms with Crippen molar-refractivity contribution < 1.29 is 14.3 Å². The summed E-state index contributed by atoms with van der Waals surface area (Å²) in [7, 11) is 1.59. The van der Waals surface area contributed by atoms with Crippen LogP contribution >= 0.6 is 0 Å². The van der Waals surface area contributed by atoms with E-state index in [1.807, 2.05) is 25.1 Å². The number of nitrogens with one attached hydrogen (secondary N) is 1. The Labute approximate surface area is 135 Å². The van der Waals surface area contributed by atoms with E-state index in [9.17, 15) is 9.59 Å². The number of rotatable bonds is 5. The summed E-state index contributed by atoms with van der Waals surface area (Å²) in [6.45, 7) is 3.44. The fourth-order valence-corrected chi connectivity index (χ4v) is 2.22. The number of aryl methyl sites for hydroxylation is 1. The first kappa shape index (κ1) is 16.5. The third kappa shape index (κ3) is 4.30. The fourth-order valence-electron chi connectivity index (χ4n) is 2.22. The van der Waals surface area contributed by atoms with Gasteiger partial charge in [-0.05, 0) is 44.2 Å². The van der Waals surface area contributed by atoms with E-state index < -0.39 is 0 Å². The zero-order valence-electron chi connectivity index (χ0n) is 13.4. The summed E-state index contributed by atoms with van der Waals surface area (Å²) in [4.78, 5) is 23.7. The molecule has 2 rings (SSSR count). The molecule has 4 nitrogen and oxygen atoms in total. The number of Topliss-reactive ketones (excluding diaryl/α,β-unsaturated/α-hetero) is 1. The second kappa shape index (κ2) is 7.40. The van der Waals surface area contributed by atoms with Crippen LogP contribution in [0.4, 0.5) is 5.69 Å². The van der Waals surface area contributed by atoms with Gasteiger partial charge in [0.05, 0.1) is 12.8 Å². The van der Waals surface area contributed by atoms with Crippen LogP contribution in [0.3, 0.4) is 0 Å². The molecule has 0 spiro atoms. The van der Waals surface area contributed by atoms with Crippen LogP contribution in [0.2, 0.25) is 0 Å². The Kier molecular flexibility index (Phi) is 5.31. The standard InChI is InChI=1S/C19H19NO3/c1-13-8-10-18(23-3)15(12-13)9-11-19(22)20-17-7-5-4-6-16(17)14(2)21/h4-12H,1-3H3,(H,20,22)/b11-9+. The van der Waals surface area contributed by atoms with Gasteiger partial charge in [0, 0.05) is 17.2 Å². The van der Waals surface area contributed by atoms with Crippen LogP contribution in [-0.2, 0) is 4.79 Å². The molecule has 23 heavy (non-hydrogen) atoms. The molecule has 2 aromatic carbocycles. The molecule has 0 fully saturated rings. The second-order valence-electron chi connectivity index (χ2n) is 5.17. The molecule has 1 amide bonds. The highest BCUT2D eigenvalue weighted by Crippen LogP contribution is 2.21. The number of hydrogen-bond acceptors (Lipinski definition) is 3. The minimum absolute atomic E-state index is 0.0924. The molecule has 0 aromatic heterocycles. The Hall–Kier alpha value is -2.88. The minimum atomic E-state index is -0.303. The van der Waals surface area contributed by atoms with Crippen LogP contribution in [-0.4, -0.2) is 18.8 Å². The van der Waals surface area contributed by atoms with E-state index in [1.165, 1.54) is 13.0 Å². The highest BCUT2D eigenvalue weighted by molar-refractivity contribution is 6.07. The number of carbonyl (C=O) groups excluding carboxylic acids is 2. The Morgan fingerprint density at radius 1 is 1.13 bits per heavy atom. The van der Waals surface area contributed by atoms with E-state index in [0.717, 1.165) is 11.1 Å². The third-order valence-corrected chi connectivity index (χ3v) is 3.36. The monoisotopic (exact) mass is 309 g/mol. The van der Waals surface area contributed by atoms with Crippen molar-refractivity contribution in [2.24, 2.45) is 0 Å². The molecule has 0 aliphatic heterocycles. The molecular formula is C19H19NO3. The van der Waals surface area contributed by atoms with E-state index in [4.69, 9.17) is 4.74 Å². The average Bonchev–Trinajstić information content (AvgIpc) is 2.53. The Bertz CT molecular complexity index is 763. The number of carbonyl (C=O) groups is 2. The zero-order chi connectivity index (χ0) is 16.8. The van der Waals surface area contributed by atoms with Gasteiger partial charge >= 0.3 is 0 Å². The van der Waals surface area contributed by atoms with Crippen LogP contribution in [0.1, 0.15) is 28.4 Å². The van der Waals surface area contributed by atoms with Gasteiger partial charge in [-0.25, -0.2) is 0 Å². The van der Waals surface area contributed by atoms with Gasteiger partial charge in [0.25, 0.3) is 0 Å². The first-order valence-corrected chi connectivity index (χ1v) is 7.25. The predicted octanol–water partition coefficient (Wildman–Crippen LogP) is 3.86. The summed E-state index contributed by atoms with van der Waals surface area (Å²) < 4.78 is 5.27. The van der Waals surface area contributed by atoms with Crippen LogP contribution < -0.4 is 10.1 Å². The summed E-state index contributed by atoms with van der Waals surface area (Å²) in [5, 5.41) is 2.73. The number of para-hydroxylation sites is 1. The van der Waals surface area contributed by atoms with Crippen LogP contribution in [0, 0.1) is 6.92 Å². The van der Waals surface area contributed by atoms with E-state index >= 15 is 0 Å². The molecule has 4 heteroatoms. The first-order chi connectivity index (χ1) is 11.0. The summed E-state index contributed by atoms with van der Waals surface area (Å²) in [6, 6.07) is 12.7. The first-order valence-electron chi connectivity index (χ1n) is 7.25.